The average molecular weight is 533 g/mol. The number of allylic oxidation sites excluding steroid dienone is 1. The Morgan fingerprint density at radius 2 is 1.15 bits per heavy atom. The number of benzene rings is 6. The molecule has 1 aliphatic carbocycles. The Bertz CT molecular complexity index is 1890. The molecule has 41 heavy (non-hydrogen) atoms. The Balaban J connectivity index is 0.000000149. The van der Waals surface area contributed by atoms with E-state index in [0.717, 1.165) is 0 Å². The van der Waals surface area contributed by atoms with Crippen LogP contribution >= 0.6 is 0 Å². The summed E-state index contributed by atoms with van der Waals surface area (Å²) in [6.07, 6.45) is 6.71. The molecule has 0 amide bonds. The standard InChI is InChI=1S/C22H24.C19H16/c1-21(2)14-13-19-18-10-9-15-7-5-6-8-16(15)17(18)11-12-20(19)22(21,3)4;1-2-8-15-9-3-5-12-17(15)19-14-7-11-16-10-4-6-13-18(16)19/h5-12H,13-14H2,1-4H3;2-14H,1H3. The molecule has 0 saturated heterocycles. The normalized spacial score (nSPS) is 15.5. The molecular weight excluding hydrogens is 492 g/mol. The van der Waals surface area contributed by atoms with Crippen LogP contribution in [0.1, 0.15) is 57.7 Å². The summed E-state index contributed by atoms with van der Waals surface area (Å²) in [5.74, 6) is 0. The summed E-state index contributed by atoms with van der Waals surface area (Å²) in [5, 5.41) is 8.18. The van der Waals surface area contributed by atoms with Gasteiger partial charge in [-0.05, 0) is 90.7 Å². The summed E-state index contributed by atoms with van der Waals surface area (Å²) in [5.41, 5.74) is 7.55. The number of aryl methyl sites for hydroxylation is 1. The average Bonchev–Trinajstić information content (AvgIpc) is 2.99. The second kappa shape index (κ2) is 10.7. The molecular formula is C41H40. The van der Waals surface area contributed by atoms with Crippen LogP contribution in [0.25, 0.3) is 49.5 Å². The van der Waals surface area contributed by atoms with E-state index in [2.05, 4.69) is 162 Å². The predicted molar refractivity (Wildman–Crippen MR) is 181 cm³/mol. The highest BCUT2D eigenvalue weighted by Gasteiger charge is 2.42. The monoisotopic (exact) mass is 532 g/mol. The van der Waals surface area contributed by atoms with Crippen molar-refractivity contribution in [3.63, 3.8) is 0 Å². The van der Waals surface area contributed by atoms with E-state index in [0.29, 0.717) is 5.41 Å². The summed E-state index contributed by atoms with van der Waals surface area (Å²) >= 11 is 0. The van der Waals surface area contributed by atoms with Crippen molar-refractivity contribution in [1.82, 2.24) is 0 Å². The summed E-state index contributed by atoms with van der Waals surface area (Å²) in [4.78, 5) is 0. The Kier molecular flexibility index (Phi) is 7.04. The number of hydrogen-bond donors (Lipinski definition) is 0. The van der Waals surface area contributed by atoms with Gasteiger partial charge in [-0.25, -0.2) is 0 Å². The maximum atomic E-state index is 2.42. The minimum Gasteiger partial charge on any atom is -0.0870 e. The van der Waals surface area contributed by atoms with Gasteiger partial charge in [0.2, 0.25) is 0 Å². The summed E-state index contributed by atoms with van der Waals surface area (Å²) < 4.78 is 0. The Morgan fingerprint density at radius 3 is 1.93 bits per heavy atom. The van der Waals surface area contributed by atoms with Gasteiger partial charge in [-0.3, -0.25) is 0 Å². The van der Waals surface area contributed by atoms with Gasteiger partial charge >= 0.3 is 0 Å². The minimum absolute atomic E-state index is 0.223. The van der Waals surface area contributed by atoms with Crippen LogP contribution < -0.4 is 0 Å². The third-order valence-electron chi connectivity index (χ3n) is 9.79. The number of rotatable bonds is 2. The number of hydrogen-bond acceptors (Lipinski definition) is 0. The van der Waals surface area contributed by atoms with Crippen molar-refractivity contribution in [2.75, 3.05) is 0 Å². The van der Waals surface area contributed by atoms with E-state index in [1.165, 1.54) is 61.8 Å². The fourth-order valence-corrected chi connectivity index (χ4v) is 6.65. The van der Waals surface area contributed by atoms with Crippen molar-refractivity contribution >= 4 is 38.4 Å². The lowest BCUT2D eigenvalue weighted by Gasteiger charge is -2.47. The molecule has 0 radical (unpaired) electrons. The summed E-state index contributed by atoms with van der Waals surface area (Å²) in [6.45, 7) is 11.7. The van der Waals surface area contributed by atoms with E-state index < -0.39 is 0 Å². The first-order valence-electron chi connectivity index (χ1n) is 15.0. The zero-order valence-corrected chi connectivity index (χ0v) is 25.0. The SMILES string of the molecule is CC1(C)CCc2c(ccc3c2ccc2ccccc23)C1(C)C.CC=Cc1ccccc1-c1cccc2ccccc12. The molecule has 204 valence electrons. The first-order chi connectivity index (χ1) is 19.8. The van der Waals surface area contributed by atoms with Gasteiger partial charge in [0.1, 0.15) is 0 Å². The molecule has 0 nitrogen and oxygen atoms in total. The first kappa shape index (κ1) is 27.0. The molecule has 7 rings (SSSR count). The quantitative estimate of drug-likeness (QED) is 0.195. The van der Waals surface area contributed by atoms with Crippen molar-refractivity contribution in [2.45, 2.75) is 52.9 Å². The highest BCUT2D eigenvalue weighted by atomic mass is 14.5. The molecule has 0 fully saturated rings. The molecule has 1 aliphatic rings. The van der Waals surface area contributed by atoms with Gasteiger partial charge in [-0.15, -0.1) is 0 Å². The molecule has 6 aromatic rings. The topological polar surface area (TPSA) is 0 Å². The maximum Gasteiger partial charge on any atom is -0.00494 e. The molecule has 0 unspecified atom stereocenters. The maximum absolute atomic E-state index is 2.42. The van der Waals surface area contributed by atoms with Crippen LogP contribution in [0.5, 0.6) is 0 Å². The van der Waals surface area contributed by atoms with E-state index in [4.69, 9.17) is 0 Å². The van der Waals surface area contributed by atoms with E-state index in [1.54, 1.807) is 11.1 Å². The lowest BCUT2D eigenvalue weighted by atomic mass is 9.57. The van der Waals surface area contributed by atoms with Crippen LogP contribution in [-0.2, 0) is 11.8 Å². The molecule has 0 aliphatic heterocycles. The zero-order chi connectivity index (χ0) is 28.6. The second-order valence-corrected chi connectivity index (χ2v) is 12.6. The van der Waals surface area contributed by atoms with Gasteiger partial charge in [0.25, 0.3) is 0 Å². The van der Waals surface area contributed by atoms with Gasteiger partial charge in [0.15, 0.2) is 0 Å². The van der Waals surface area contributed by atoms with Crippen LogP contribution in [0, 0.1) is 5.41 Å². The van der Waals surface area contributed by atoms with Crippen molar-refractivity contribution < 1.29 is 0 Å². The van der Waals surface area contributed by atoms with E-state index in [-0.39, 0.29) is 5.41 Å². The van der Waals surface area contributed by atoms with Gasteiger partial charge in [0, 0.05) is 0 Å². The first-order valence-corrected chi connectivity index (χ1v) is 15.0. The van der Waals surface area contributed by atoms with Gasteiger partial charge in [-0.2, -0.15) is 0 Å². The van der Waals surface area contributed by atoms with E-state index in [9.17, 15) is 0 Å². The number of fused-ring (bicyclic) bond motifs is 6. The molecule has 0 saturated carbocycles. The van der Waals surface area contributed by atoms with E-state index in [1.807, 2.05) is 0 Å². The van der Waals surface area contributed by atoms with E-state index >= 15 is 0 Å². The van der Waals surface area contributed by atoms with Crippen molar-refractivity contribution in [1.29, 1.82) is 0 Å². The van der Waals surface area contributed by atoms with Crippen LogP contribution in [0.15, 0.2) is 121 Å². The minimum atomic E-state index is 0.223. The molecule has 0 heteroatoms. The molecule has 6 aromatic carbocycles. The van der Waals surface area contributed by atoms with Gasteiger partial charge in [0.05, 0.1) is 0 Å². The molecule has 0 N–H and O–H groups in total. The second-order valence-electron chi connectivity index (χ2n) is 12.6. The Hall–Kier alpha value is -4.16. The molecule has 0 atom stereocenters. The molecule has 0 heterocycles. The Labute approximate surface area is 245 Å². The van der Waals surface area contributed by atoms with Crippen molar-refractivity contribution in [3.05, 3.63) is 138 Å². The predicted octanol–water partition coefficient (Wildman–Crippen LogP) is 11.8. The molecule has 0 bridgehead atoms. The molecule has 0 spiro atoms. The van der Waals surface area contributed by atoms with Crippen molar-refractivity contribution in [2.24, 2.45) is 5.41 Å². The third-order valence-corrected chi connectivity index (χ3v) is 9.79. The molecule has 0 aromatic heterocycles. The Morgan fingerprint density at radius 1 is 0.537 bits per heavy atom. The third kappa shape index (κ3) is 4.76. The summed E-state index contributed by atoms with van der Waals surface area (Å²) in [6, 6.07) is 41.7. The largest absolute Gasteiger partial charge is 0.0870 e. The fourth-order valence-electron chi connectivity index (χ4n) is 6.65. The van der Waals surface area contributed by atoms with Crippen LogP contribution in [0.4, 0.5) is 0 Å². The van der Waals surface area contributed by atoms with Gasteiger partial charge in [-0.1, -0.05) is 155 Å². The van der Waals surface area contributed by atoms with Crippen LogP contribution in [0.3, 0.4) is 0 Å². The zero-order valence-electron chi connectivity index (χ0n) is 25.0. The summed E-state index contributed by atoms with van der Waals surface area (Å²) in [7, 11) is 0. The lowest BCUT2D eigenvalue weighted by Crippen LogP contribution is -2.41. The van der Waals surface area contributed by atoms with Crippen molar-refractivity contribution in [3.8, 4) is 11.1 Å². The highest BCUT2D eigenvalue weighted by molar-refractivity contribution is 6.09. The highest BCUT2D eigenvalue weighted by Crippen LogP contribution is 2.51. The van der Waals surface area contributed by atoms with Crippen LogP contribution in [-0.4, -0.2) is 0 Å². The lowest BCUT2D eigenvalue weighted by molar-refractivity contribution is 0.166. The van der Waals surface area contributed by atoms with Gasteiger partial charge < -0.3 is 0 Å². The fraction of sp³-hybridized carbons (Fsp3) is 0.220. The van der Waals surface area contributed by atoms with Crippen LogP contribution in [0.2, 0.25) is 0 Å². The smallest absolute Gasteiger partial charge is 0.00494 e.